The van der Waals surface area contributed by atoms with Crippen molar-refractivity contribution in [3.8, 4) is 5.88 Å². The summed E-state index contributed by atoms with van der Waals surface area (Å²) in [4.78, 5) is 3.99. The number of halogens is 1. The van der Waals surface area contributed by atoms with E-state index in [4.69, 9.17) is 9.84 Å². The number of benzene rings is 1. The Morgan fingerprint density at radius 2 is 1.88 bits per heavy atom. The monoisotopic (exact) mass is 233 g/mol. The average molecular weight is 233 g/mol. The average Bonchev–Trinajstić information content (AvgIpc) is 2.38. The normalized spacial score (nSPS) is 10.2. The molecule has 4 heteroatoms. The van der Waals surface area contributed by atoms with E-state index in [9.17, 15) is 4.39 Å². The lowest BCUT2D eigenvalue weighted by molar-refractivity contribution is 0.250. The highest BCUT2D eigenvalue weighted by atomic mass is 19.1. The van der Waals surface area contributed by atoms with Crippen LogP contribution in [-0.4, -0.2) is 10.1 Å². The zero-order valence-corrected chi connectivity index (χ0v) is 9.14. The van der Waals surface area contributed by atoms with Crippen LogP contribution < -0.4 is 4.74 Å². The minimum atomic E-state index is -0.311. The maximum absolute atomic E-state index is 13.3. The fourth-order valence-electron chi connectivity index (χ4n) is 1.44. The van der Waals surface area contributed by atoms with Crippen molar-refractivity contribution in [2.24, 2.45) is 0 Å². The van der Waals surface area contributed by atoms with Crippen LogP contribution in [-0.2, 0) is 13.2 Å². The summed E-state index contributed by atoms with van der Waals surface area (Å²) in [6.07, 6.45) is 1.57. The van der Waals surface area contributed by atoms with Gasteiger partial charge in [-0.2, -0.15) is 0 Å². The minimum absolute atomic E-state index is 0.0939. The Kier molecular flexibility index (Phi) is 3.67. The first-order valence-corrected chi connectivity index (χ1v) is 5.22. The molecular formula is C13H12FNO2. The molecule has 0 radical (unpaired) electrons. The van der Waals surface area contributed by atoms with E-state index in [0.717, 1.165) is 0 Å². The van der Waals surface area contributed by atoms with E-state index in [-0.39, 0.29) is 19.0 Å². The van der Waals surface area contributed by atoms with Crippen LogP contribution in [0, 0.1) is 5.82 Å². The first kappa shape index (κ1) is 11.5. The SMILES string of the molecule is OCc1cccnc1OCc1ccccc1F. The van der Waals surface area contributed by atoms with Gasteiger partial charge in [-0.25, -0.2) is 9.37 Å². The summed E-state index contributed by atoms with van der Waals surface area (Å²) in [6.45, 7) is -0.0584. The number of hydrogen-bond donors (Lipinski definition) is 1. The molecule has 0 atom stereocenters. The number of pyridine rings is 1. The van der Waals surface area contributed by atoms with Crippen LogP contribution in [0.2, 0.25) is 0 Å². The van der Waals surface area contributed by atoms with Gasteiger partial charge in [0.15, 0.2) is 0 Å². The fraction of sp³-hybridized carbons (Fsp3) is 0.154. The number of aliphatic hydroxyl groups is 1. The number of nitrogens with zero attached hydrogens (tertiary/aromatic N) is 1. The molecule has 3 nitrogen and oxygen atoms in total. The van der Waals surface area contributed by atoms with Crippen LogP contribution in [0.1, 0.15) is 11.1 Å². The summed E-state index contributed by atoms with van der Waals surface area (Å²) in [5.41, 5.74) is 1.05. The second-order valence-electron chi connectivity index (χ2n) is 3.51. The molecule has 0 aliphatic carbocycles. The van der Waals surface area contributed by atoms with Gasteiger partial charge in [0.2, 0.25) is 5.88 Å². The second kappa shape index (κ2) is 5.41. The molecule has 2 rings (SSSR count). The highest BCUT2D eigenvalue weighted by molar-refractivity contribution is 5.25. The molecule has 17 heavy (non-hydrogen) atoms. The molecule has 0 aliphatic heterocycles. The molecule has 0 saturated heterocycles. The Hall–Kier alpha value is -1.94. The number of ether oxygens (including phenoxy) is 1. The maximum Gasteiger partial charge on any atom is 0.219 e. The number of rotatable bonds is 4. The van der Waals surface area contributed by atoms with Crippen molar-refractivity contribution in [2.45, 2.75) is 13.2 Å². The Morgan fingerprint density at radius 1 is 1.12 bits per heavy atom. The van der Waals surface area contributed by atoms with Crippen molar-refractivity contribution >= 4 is 0 Å². The van der Waals surface area contributed by atoms with Crippen LogP contribution in [0.25, 0.3) is 0 Å². The standard InChI is InChI=1S/C13H12FNO2/c14-12-6-2-1-4-11(12)9-17-13-10(8-16)5-3-7-15-13/h1-7,16H,8-9H2. The number of aromatic nitrogens is 1. The third-order valence-corrected chi connectivity index (χ3v) is 2.34. The molecule has 0 bridgehead atoms. The zero-order chi connectivity index (χ0) is 12.1. The third kappa shape index (κ3) is 2.79. The number of hydrogen-bond acceptors (Lipinski definition) is 3. The lowest BCUT2D eigenvalue weighted by atomic mass is 10.2. The molecule has 2 aromatic rings. The summed E-state index contributed by atoms with van der Waals surface area (Å²) in [5.74, 6) is 0.0206. The number of aliphatic hydroxyl groups excluding tert-OH is 1. The molecule has 0 unspecified atom stereocenters. The van der Waals surface area contributed by atoms with Gasteiger partial charge in [-0.05, 0) is 18.2 Å². The van der Waals surface area contributed by atoms with E-state index >= 15 is 0 Å². The van der Waals surface area contributed by atoms with Gasteiger partial charge >= 0.3 is 0 Å². The second-order valence-corrected chi connectivity index (χ2v) is 3.51. The van der Waals surface area contributed by atoms with Crippen molar-refractivity contribution in [2.75, 3.05) is 0 Å². The Morgan fingerprint density at radius 3 is 2.65 bits per heavy atom. The van der Waals surface area contributed by atoms with E-state index in [1.54, 1.807) is 36.5 Å². The van der Waals surface area contributed by atoms with E-state index in [2.05, 4.69) is 4.98 Å². The Labute approximate surface area is 98.5 Å². The van der Waals surface area contributed by atoms with Gasteiger partial charge in [-0.1, -0.05) is 18.2 Å². The first-order valence-electron chi connectivity index (χ1n) is 5.22. The molecule has 88 valence electrons. The van der Waals surface area contributed by atoms with Crippen LogP contribution in [0.3, 0.4) is 0 Å². The molecule has 0 saturated carbocycles. The van der Waals surface area contributed by atoms with Gasteiger partial charge < -0.3 is 9.84 Å². The van der Waals surface area contributed by atoms with E-state index in [1.165, 1.54) is 6.07 Å². The van der Waals surface area contributed by atoms with E-state index in [0.29, 0.717) is 17.0 Å². The fourth-order valence-corrected chi connectivity index (χ4v) is 1.44. The molecule has 0 amide bonds. The van der Waals surface area contributed by atoms with Crippen LogP contribution in [0.4, 0.5) is 4.39 Å². The third-order valence-electron chi connectivity index (χ3n) is 2.34. The van der Waals surface area contributed by atoms with Gasteiger partial charge in [0, 0.05) is 17.3 Å². The predicted octanol–water partition coefficient (Wildman–Crippen LogP) is 2.29. The van der Waals surface area contributed by atoms with Crippen molar-refractivity contribution in [1.82, 2.24) is 4.98 Å². The molecule has 1 N–H and O–H groups in total. The minimum Gasteiger partial charge on any atom is -0.472 e. The maximum atomic E-state index is 13.3. The molecule has 0 spiro atoms. The summed E-state index contributed by atoms with van der Waals surface area (Å²) >= 11 is 0. The Balaban J connectivity index is 2.10. The highest BCUT2D eigenvalue weighted by Gasteiger charge is 2.05. The van der Waals surface area contributed by atoms with Crippen molar-refractivity contribution in [1.29, 1.82) is 0 Å². The van der Waals surface area contributed by atoms with Crippen LogP contribution in [0.5, 0.6) is 5.88 Å². The summed E-state index contributed by atoms with van der Waals surface area (Å²) < 4.78 is 18.7. The van der Waals surface area contributed by atoms with Gasteiger partial charge in [0.25, 0.3) is 0 Å². The molecule has 1 aromatic carbocycles. The summed E-state index contributed by atoms with van der Waals surface area (Å²) in [6, 6.07) is 9.82. The molecule has 1 aromatic heterocycles. The predicted molar refractivity (Wildman–Crippen MR) is 60.9 cm³/mol. The molecule has 1 heterocycles. The quantitative estimate of drug-likeness (QED) is 0.881. The van der Waals surface area contributed by atoms with Gasteiger partial charge in [0.05, 0.1) is 6.61 Å². The van der Waals surface area contributed by atoms with E-state index in [1.807, 2.05) is 0 Å². The lowest BCUT2D eigenvalue weighted by Crippen LogP contribution is -2.02. The highest BCUT2D eigenvalue weighted by Crippen LogP contribution is 2.16. The summed E-state index contributed by atoms with van der Waals surface area (Å²) in [7, 11) is 0. The van der Waals surface area contributed by atoms with Gasteiger partial charge in [0.1, 0.15) is 12.4 Å². The van der Waals surface area contributed by atoms with Gasteiger partial charge in [-0.15, -0.1) is 0 Å². The zero-order valence-electron chi connectivity index (χ0n) is 9.14. The Bertz CT molecular complexity index is 502. The molecule has 0 fully saturated rings. The lowest BCUT2D eigenvalue weighted by Gasteiger charge is -2.08. The van der Waals surface area contributed by atoms with Crippen LogP contribution in [0.15, 0.2) is 42.6 Å². The largest absolute Gasteiger partial charge is 0.472 e. The van der Waals surface area contributed by atoms with Crippen molar-refractivity contribution in [3.63, 3.8) is 0 Å². The topological polar surface area (TPSA) is 42.4 Å². The molecule has 0 aliphatic rings. The van der Waals surface area contributed by atoms with Crippen molar-refractivity contribution in [3.05, 3.63) is 59.5 Å². The van der Waals surface area contributed by atoms with Crippen LogP contribution >= 0.6 is 0 Å². The van der Waals surface area contributed by atoms with Crippen molar-refractivity contribution < 1.29 is 14.2 Å². The smallest absolute Gasteiger partial charge is 0.219 e. The van der Waals surface area contributed by atoms with Gasteiger partial charge in [-0.3, -0.25) is 0 Å². The molecular weight excluding hydrogens is 221 g/mol. The summed E-state index contributed by atoms with van der Waals surface area (Å²) in [5, 5.41) is 9.08. The van der Waals surface area contributed by atoms with E-state index < -0.39 is 0 Å². The first-order chi connectivity index (χ1) is 8.31.